The Bertz CT molecular complexity index is 172. The highest BCUT2D eigenvalue weighted by Crippen LogP contribution is 2.38. The van der Waals surface area contributed by atoms with Crippen molar-refractivity contribution < 1.29 is 14.3 Å². The van der Waals surface area contributed by atoms with Crippen molar-refractivity contribution in [3.63, 3.8) is 0 Å². The van der Waals surface area contributed by atoms with E-state index in [1.165, 1.54) is 6.92 Å². The minimum Gasteiger partial charge on any atom is -0.386 e. The highest BCUT2D eigenvalue weighted by Gasteiger charge is 2.54. The molecule has 0 heterocycles. The van der Waals surface area contributed by atoms with Gasteiger partial charge in [0.25, 0.3) is 0 Å². The normalized spacial score (nSPS) is 48.2. The van der Waals surface area contributed by atoms with Gasteiger partial charge in [0.2, 0.25) is 0 Å². The molecule has 58 valence electrons. The maximum absolute atomic E-state index is 13.2. The number of Topliss-reactive ketones (excluding diaryl/α,β-unsaturated/α-hetero) is 1. The second kappa shape index (κ2) is 1.78. The van der Waals surface area contributed by atoms with Crippen molar-refractivity contribution in [2.75, 3.05) is 0 Å². The lowest BCUT2D eigenvalue weighted by molar-refractivity contribution is -0.136. The van der Waals surface area contributed by atoms with Crippen molar-refractivity contribution in [2.45, 2.75) is 38.0 Å². The molecule has 0 bridgehead atoms. The molecule has 1 rings (SSSR count). The van der Waals surface area contributed by atoms with Crippen LogP contribution < -0.4 is 0 Å². The average molecular weight is 146 g/mol. The third kappa shape index (κ3) is 0.770. The summed E-state index contributed by atoms with van der Waals surface area (Å²) < 4.78 is 13.2. The van der Waals surface area contributed by atoms with Gasteiger partial charge in [-0.05, 0) is 20.3 Å². The van der Waals surface area contributed by atoms with Crippen LogP contribution in [0.3, 0.4) is 0 Å². The van der Waals surface area contributed by atoms with E-state index in [1.807, 2.05) is 0 Å². The second-order valence-electron chi connectivity index (χ2n) is 3.20. The molecule has 0 saturated heterocycles. The summed E-state index contributed by atoms with van der Waals surface area (Å²) in [5.74, 6) is -0.488. The van der Waals surface area contributed by atoms with E-state index in [4.69, 9.17) is 0 Å². The van der Waals surface area contributed by atoms with Gasteiger partial charge in [-0.1, -0.05) is 0 Å². The molecule has 1 N–H and O–H groups in total. The van der Waals surface area contributed by atoms with Crippen molar-refractivity contribution >= 4 is 5.78 Å². The second-order valence-corrected chi connectivity index (χ2v) is 3.20. The fourth-order valence-corrected chi connectivity index (χ4v) is 1.13. The Kier molecular flexibility index (Phi) is 1.37. The van der Waals surface area contributed by atoms with Crippen LogP contribution >= 0.6 is 0 Å². The molecule has 0 aromatic heterocycles. The van der Waals surface area contributed by atoms with E-state index in [1.54, 1.807) is 0 Å². The van der Waals surface area contributed by atoms with Crippen LogP contribution in [0.5, 0.6) is 0 Å². The quantitative estimate of drug-likeness (QED) is 0.549. The van der Waals surface area contributed by atoms with Gasteiger partial charge in [0.1, 0.15) is 5.60 Å². The fourth-order valence-electron chi connectivity index (χ4n) is 1.13. The zero-order valence-corrected chi connectivity index (χ0v) is 6.15. The molecular formula is C7H11FO2. The van der Waals surface area contributed by atoms with Crippen LogP contribution in [0.15, 0.2) is 0 Å². The Hall–Kier alpha value is -0.440. The van der Waals surface area contributed by atoms with Crippen molar-refractivity contribution in [1.82, 2.24) is 0 Å². The zero-order chi connectivity index (χ0) is 7.99. The van der Waals surface area contributed by atoms with Crippen molar-refractivity contribution in [3.8, 4) is 0 Å². The van der Waals surface area contributed by atoms with Crippen molar-refractivity contribution in [1.29, 1.82) is 0 Å². The third-order valence-electron chi connectivity index (χ3n) is 2.37. The summed E-state index contributed by atoms with van der Waals surface area (Å²) in [6.07, 6.45) is 0.388. The Morgan fingerprint density at radius 1 is 1.60 bits per heavy atom. The van der Waals surface area contributed by atoms with E-state index in [9.17, 15) is 14.3 Å². The summed E-state index contributed by atoms with van der Waals surface area (Å²) in [7, 11) is 0. The minimum absolute atomic E-state index is 0.153. The van der Waals surface area contributed by atoms with E-state index in [0.29, 0.717) is 0 Å². The Balaban J connectivity index is 2.95. The summed E-state index contributed by atoms with van der Waals surface area (Å²) >= 11 is 0. The molecular weight excluding hydrogens is 135 g/mol. The van der Waals surface area contributed by atoms with Gasteiger partial charge in [-0.3, -0.25) is 4.79 Å². The number of alkyl halides is 1. The smallest absolute Gasteiger partial charge is 0.194 e. The highest BCUT2D eigenvalue weighted by atomic mass is 19.1. The molecule has 1 fully saturated rings. The molecule has 0 radical (unpaired) electrons. The molecule has 0 amide bonds. The molecule has 1 saturated carbocycles. The summed E-state index contributed by atoms with van der Waals surface area (Å²) in [6, 6.07) is 0. The number of hydrogen-bond acceptors (Lipinski definition) is 2. The van der Waals surface area contributed by atoms with E-state index >= 15 is 0 Å². The molecule has 0 aliphatic heterocycles. The van der Waals surface area contributed by atoms with Crippen LogP contribution in [0.4, 0.5) is 4.39 Å². The Labute approximate surface area is 59.0 Å². The summed E-state index contributed by atoms with van der Waals surface area (Å²) in [5, 5.41) is 9.30. The minimum atomic E-state index is -2.03. The summed E-state index contributed by atoms with van der Waals surface area (Å²) in [5.41, 5.74) is -3.49. The maximum atomic E-state index is 13.2. The van der Waals surface area contributed by atoms with Gasteiger partial charge < -0.3 is 5.11 Å². The number of rotatable bonds is 0. The van der Waals surface area contributed by atoms with Crippen LogP contribution in [0.2, 0.25) is 0 Å². The van der Waals surface area contributed by atoms with Crippen molar-refractivity contribution in [2.24, 2.45) is 0 Å². The van der Waals surface area contributed by atoms with Crippen LogP contribution in [-0.2, 0) is 4.79 Å². The van der Waals surface area contributed by atoms with E-state index in [-0.39, 0.29) is 12.8 Å². The van der Waals surface area contributed by atoms with E-state index in [0.717, 1.165) is 6.92 Å². The first-order chi connectivity index (χ1) is 4.38. The number of ketones is 1. The fraction of sp³-hybridized carbons (Fsp3) is 0.857. The molecule has 2 unspecified atom stereocenters. The van der Waals surface area contributed by atoms with Crippen LogP contribution in [-0.4, -0.2) is 22.2 Å². The number of carbonyl (C=O) groups is 1. The summed E-state index contributed by atoms with van der Waals surface area (Å²) in [4.78, 5) is 10.8. The molecule has 10 heavy (non-hydrogen) atoms. The molecule has 2 atom stereocenters. The summed E-state index contributed by atoms with van der Waals surface area (Å²) in [6.45, 7) is 2.50. The molecule has 2 nitrogen and oxygen atoms in total. The van der Waals surface area contributed by atoms with Gasteiger partial charge >= 0.3 is 0 Å². The zero-order valence-electron chi connectivity index (χ0n) is 6.15. The van der Waals surface area contributed by atoms with Gasteiger partial charge in [0, 0.05) is 6.42 Å². The largest absolute Gasteiger partial charge is 0.386 e. The topological polar surface area (TPSA) is 37.3 Å². The Morgan fingerprint density at radius 2 is 2.10 bits per heavy atom. The molecule has 3 heteroatoms. The lowest BCUT2D eigenvalue weighted by atomic mass is 9.91. The molecule has 0 spiro atoms. The lowest BCUT2D eigenvalue weighted by Crippen LogP contribution is -2.45. The molecule has 1 aliphatic carbocycles. The number of halogens is 1. The Morgan fingerprint density at radius 3 is 2.20 bits per heavy atom. The first-order valence-corrected chi connectivity index (χ1v) is 3.32. The standard InChI is InChI=1S/C7H11FO2/c1-6(10)4-3-5(9)7(6,2)8/h10H,3-4H2,1-2H3. The van der Waals surface area contributed by atoms with Crippen LogP contribution in [0.1, 0.15) is 26.7 Å². The first kappa shape index (κ1) is 7.66. The average Bonchev–Trinajstić information content (AvgIpc) is 1.94. The van der Waals surface area contributed by atoms with Gasteiger partial charge in [-0.15, -0.1) is 0 Å². The first-order valence-electron chi connectivity index (χ1n) is 3.32. The highest BCUT2D eigenvalue weighted by molar-refractivity contribution is 5.90. The maximum Gasteiger partial charge on any atom is 0.194 e. The van der Waals surface area contributed by atoms with Crippen LogP contribution in [0, 0.1) is 0 Å². The SMILES string of the molecule is CC1(O)CCC(=O)C1(C)F. The van der Waals surface area contributed by atoms with E-state index < -0.39 is 17.1 Å². The lowest BCUT2D eigenvalue weighted by Gasteiger charge is -2.26. The van der Waals surface area contributed by atoms with Gasteiger partial charge in [0.15, 0.2) is 11.5 Å². The molecule has 0 aromatic rings. The van der Waals surface area contributed by atoms with Crippen LogP contribution in [0.25, 0.3) is 0 Å². The van der Waals surface area contributed by atoms with Gasteiger partial charge in [0.05, 0.1) is 0 Å². The van der Waals surface area contributed by atoms with Crippen molar-refractivity contribution in [3.05, 3.63) is 0 Å². The number of carbonyl (C=O) groups excluding carboxylic acids is 1. The monoisotopic (exact) mass is 146 g/mol. The predicted octanol–water partition coefficient (Wildman–Crippen LogP) is 0.829. The molecule has 1 aliphatic rings. The molecule has 0 aromatic carbocycles. The number of aliphatic hydroxyl groups is 1. The van der Waals surface area contributed by atoms with E-state index in [2.05, 4.69) is 0 Å². The van der Waals surface area contributed by atoms with Gasteiger partial charge in [-0.25, -0.2) is 4.39 Å². The third-order valence-corrected chi connectivity index (χ3v) is 2.37. The van der Waals surface area contributed by atoms with Gasteiger partial charge in [-0.2, -0.15) is 0 Å². The predicted molar refractivity (Wildman–Crippen MR) is 34.4 cm³/mol. The number of hydrogen-bond donors (Lipinski definition) is 1.